The fourth-order valence-electron chi connectivity index (χ4n) is 5.67. The van der Waals surface area contributed by atoms with E-state index in [-0.39, 0.29) is 11.4 Å². The minimum Gasteiger partial charge on any atom is -0.469 e. The zero-order valence-corrected chi connectivity index (χ0v) is 17.9. The molecule has 2 bridgehead atoms. The summed E-state index contributed by atoms with van der Waals surface area (Å²) in [5.41, 5.74) is 2.39. The second-order valence-corrected chi connectivity index (χ2v) is 9.63. The topological polar surface area (TPSA) is 69.0 Å². The van der Waals surface area contributed by atoms with Gasteiger partial charge in [-0.3, -0.25) is 4.79 Å². The summed E-state index contributed by atoms with van der Waals surface area (Å²) in [5.74, 6) is 0.472. The first-order valence-electron chi connectivity index (χ1n) is 10.9. The standard InChI is InChI=1S/C24H26N4O3/c1-22(17-6-4-3-5-7-17)10-11-27(15-22)18-8-9-19-25-20(26-28(19)12-18)24-13-23(14-24,16-31-24)21(29)30-2/h3-9,12H,10-11,13-16H2,1-2H3/t22-,23?,24?/m0/s1. The third-order valence-electron chi connectivity index (χ3n) is 7.52. The van der Waals surface area contributed by atoms with Crippen LogP contribution in [0.2, 0.25) is 0 Å². The highest BCUT2D eigenvalue weighted by Crippen LogP contribution is 2.62. The van der Waals surface area contributed by atoms with Gasteiger partial charge in [0, 0.05) is 31.3 Å². The van der Waals surface area contributed by atoms with Gasteiger partial charge in [0.2, 0.25) is 0 Å². The van der Waals surface area contributed by atoms with Gasteiger partial charge in [0.1, 0.15) is 5.60 Å². The Kier molecular flexibility index (Phi) is 3.82. The molecule has 1 saturated carbocycles. The molecule has 7 nitrogen and oxygen atoms in total. The van der Waals surface area contributed by atoms with Gasteiger partial charge in [-0.25, -0.2) is 9.50 Å². The fraction of sp³-hybridized carbons (Fsp3) is 0.458. The first-order chi connectivity index (χ1) is 15.0. The number of anilines is 1. The largest absolute Gasteiger partial charge is 0.469 e. The van der Waals surface area contributed by atoms with Crippen molar-refractivity contribution in [2.24, 2.45) is 5.41 Å². The average Bonchev–Trinajstić information content (AvgIpc) is 3.54. The molecule has 31 heavy (non-hydrogen) atoms. The van der Waals surface area contributed by atoms with E-state index in [0.717, 1.165) is 30.8 Å². The van der Waals surface area contributed by atoms with Gasteiger partial charge in [0.25, 0.3) is 0 Å². The zero-order valence-electron chi connectivity index (χ0n) is 17.9. The van der Waals surface area contributed by atoms with Gasteiger partial charge in [-0.1, -0.05) is 37.3 Å². The number of methoxy groups -OCH3 is 1. The predicted molar refractivity (Wildman–Crippen MR) is 115 cm³/mol. The molecule has 0 radical (unpaired) electrons. The predicted octanol–water partition coefficient (Wildman–Crippen LogP) is 3.08. The van der Waals surface area contributed by atoms with Crippen LogP contribution < -0.4 is 4.90 Å². The highest BCUT2D eigenvalue weighted by atomic mass is 16.5. The summed E-state index contributed by atoms with van der Waals surface area (Å²) in [6.45, 7) is 4.70. The molecule has 1 atom stereocenters. The number of hydrogen-bond acceptors (Lipinski definition) is 6. The highest BCUT2D eigenvalue weighted by molar-refractivity contribution is 5.79. The Morgan fingerprint density at radius 1 is 1.16 bits per heavy atom. The average molecular weight is 418 g/mol. The number of aromatic nitrogens is 3. The van der Waals surface area contributed by atoms with Crippen LogP contribution in [-0.2, 0) is 25.3 Å². The van der Waals surface area contributed by atoms with Crippen LogP contribution in [0.25, 0.3) is 5.65 Å². The van der Waals surface area contributed by atoms with Crippen molar-refractivity contribution in [3.8, 4) is 0 Å². The number of carbonyl (C=O) groups is 1. The van der Waals surface area contributed by atoms with Crippen LogP contribution in [0, 0.1) is 5.41 Å². The molecule has 2 aromatic heterocycles. The summed E-state index contributed by atoms with van der Waals surface area (Å²) in [7, 11) is 1.43. The Hall–Kier alpha value is -2.93. The Bertz CT molecular complexity index is 1170. The third kappa shape index (κ3) is 2.65. The van der Waals surface area contributed by atoms with E-state index < -0.39 is 11.0 Å². The van der Waals surface area contributed by atoms with Crippen LogP contribution in [0.15, 0.2) is 48.7 Å². The number of fused-ring (bicyclic) bond motifs is 2. The van der Waals surface area contributed by atoms with E-state index >= 15 is 0 Å². The first-order valence-corrected chi connectivity index (χ1v) is 10.9. The number of ether oxygens (including phenoxy) is 2. The second kappa shape index (κ2) is 6.29. The Morgan fingerprint density at radius 3 is 2.74 bits per heavy atom. The number of carbonyl (C=O) groups excluding carboxylic acids is 1. The van der Waals surface area contributed by atoms with Crippen LogP contribution in [0.4, 0.5) is 5.69 Å². The molecule has 7 heteroatoms. The third-order valence-corrected chi connectivity index (χ3v) is 7.52. The zero-order chi connectivity index (χ0) is 21.3. The lowest BCUT2D eigenvalue weighted by atomic mass is 9.62. The maximum Gasteiger partial charge on any atom is 0.314 e. The molecule has 5 heterocycles. The van der Waals surface area contributed by atoms with Crippen molar-refractivity contribution in [3.63, 3.8) is 0 Å². The Morgan fingerprint density at radius 2 is 1.97 bits per heavy atom. The summed E-state index contributed by atoms with van der Waals surface area (Å²) >= 11 is 0. The van der Waals surface area contributed by atoms with Crippen LogP contribution in [0.1, 0.15) is 37.6 Å². The normalized spacial score (nSPS) is 31.7. The van der Waals surface area contributed by atoms with Crippen molar-refractivity contribution in [2.75, 3.05) is 31.7 Å². The van der Waals surface area contributed by atoms with E-state index in [1.54, 1.807) is 0 Å². The van der Waals surface area contributed by atoms with Gasteiger partial charge < -0.3 is 14.4 Å². The molecule has 3 aromatic rings. The lowest BCUT2D eigenvalue weighted by molar-refractivity contribution is -0.158. The molecular formula is C24H26N4O3. The van der Waals surface area contributed by atoms with Crippen LogP contribution >= 0.6 is 0 Å². The van der Waals surface area contributed by atoms with Crippen LogP contribution in [0.3, 0.4) is 0 Å². The van der Waals surface area contributed by atoms with Crippen molar-refractivity contribution in [1.82, 2.24) is 14.6 Å². The molecule has 4 fully saturated rings. The fourth-order valence-corrected chi connectivity index (χ4v) is 5.67. The summed E-state index contributed by atoms with van der Waals surface area (Å²) in [4.78, 5) is 19.3. The van der Waals surface area contributed by atoms with Crippen molar-refractivity contribution in [2.45, 2.75) is 37.2 Å². The maximum atomic E-state index is 12.1. The number of rotatable bonds is 4. The molecule has 1 aliphatic carbocycles. The van der Waals surface area contributed by atoms with E-state index in [0.29, 0.717) is 25.3 Å². The van der Waals surface area contributed by atoms with Gasteiger partial charge in [0.15, 0.2) is 11.5 Å². The molecule has 0 N–H and O–H groups in total. The minimum absolute atomic E-state index is 0.142. The van der Waals surface area contributed by atoms with Crippen molar-refractivity contribution in [1.29, 1.82) is 0 Å². The maximum absolute atomic E-state index is 12.1. The molecule has 0 unspecified atom stereocenters. The smallest absolute Gasteiger partial charge is 0.314 e. The van der Waals surface area contributed by atoms with Gasteiger partial charge in [0.05, 0.1) is 31.0 Å². The minimum atomic E-state index is -0.556. The van der Waals surface area contributed by atoms with E-state index in [1.165, 1.54) is 12.7 Å². The molecule has 1 aromatic carbocycles. The molecule has 3 saturated heterocycles. The lowest BCUT2D eigenvalue weighted by Gasteiger charge is -2.40. The van der Waals surface area contributed by atoms with Gasteiger partial charge in [-0.15, -0.1) is 5.10 Å². The van der Waals surface area contributed by atoms with E-state index in [1.807, 2.05) is 10.6 Å². The second-order valence-electron chi connectivity index (χ2n) is 9.63. The molecule has 0 spiro atoms. The monoisotopic (exact) mass is 418 g/mol. The summed E-state index contributed by atoms with van der Waals surface area (Å²) in [5, 5.41) is 4.75. The summed E-state index contributed by atoms with van der Waals surface area (Å²) < 4.78 is 12.8. The van der Waals surface area contributed by atoms with Crippen molar-refractivity contribution >= 4 is 17.3 Å². The SMILES string of the molecule is COC(=O)C12COC(c3nc4ccc(N5CC[C@](C)(c6ccccc6)C5)cn4n3)(C1)C2. The Balaban J connectivity index is 1.25. The summed E-state index contributed by atoms with van der Waals surface area (Å²) in [6, 6.07) is 14.9. The summed E-state index contributed by atoms with van der Waals surface area (Å²) in [6.07, 6.45) is 4.36. The molecule has 4 aliphatic rings. The molecule has 160 valence electrons. The highest BCUT2D eigenvalue weighted by Gasteiger charge is 2.69. The first kappa shape index (κ1) is 18.8. The molecule has 0 amide bonds. The van der Waals surface area contributed by atoms with E-state index in [2.05, 4.69) is 54.4 Å². The number of pyridine rings is 1. The number of benzene rings is 1. The number of nitrogens with zero attached hydrogens (tertiary/aromatic N) is 4. The number of hydrogen-bond donors (Lipinski definition) is 0. The van der Waals surface area contributed by atoms with Gasteiger partial charge in [-0.2, -0.15) is 0 Å². The quantitative estimate of drug-likeness (QED) is 0.607. The van der Waals surface area contributed by atoms with Gasteiger partial charge in [-0.05, 0) is 24.1 Å². The van der Waals surface area contributed by atoms with Crippen molar-refractivity contribution in [3.05, 3.63) is 60.0 Å². The number of esters is 1. The molecular weight excluding hydrogens is 392 g/mol. The van der Waals surface area contributed by atoms with Crippen LogP contribution in [-0.4, -0.2) is 47.4 Å². The van der Waals surface area contributed by atoms with Crippen molar-refractivity contribution < 1.29 is 14.3 Å². The van der Waals surface area contributed by atoms with E-state index in [4.69, 9.17) is 19.6 Å². The Labute approximate surface area is 181 Å². The molecule has 7 rings (SSSR count). The lowest BCUT2D eigenvalue weighted by Crippen LogP contribution is -2.47. The molecule has 3 aliphatic heterocycles. The van der Waals surface area contributed by atoms with E-state index in [9.17, 15) is 4.79 Å². The van der Waals surface area contributed by atoms with Gasteiger partial charge >= 0.3 is 5.97 Å². The van der Waals surface area contributed by atoms with Crippen LogP contribution in [0.5, 0.6) is 0 Å².